The number of carbonyl (C=O) groups is 2. The van der Waals surface area contributed by atoms with E-state index in [1.807, 2.05) is 13.0 Å². The molecular formula is C20H29N4O3+. The van der Waals surface area contributed by atoms with E-state index in [1.54, 1.807) is 24.3 Å². The molecule has 2 amide bonds. The van der Waals surface area contributed by atoms with Crippen molar-refractivity contribution in [3.63, 3.8) is 0 Å². The summed E-state index contributed by atoms with van der Waals surface area (Å²) in [7, 11) is 0. The van der Waals surface area contributed by atoms with Crippen molar-refractivity contribution in [2.45, 2.75) is 26.2 Å². The summed E-state index contributed by atoms with van der Waals surface area (Å²) in [4.78, 5) is 25.6. The Kier molecular flexibility index (Phi) is 8.75. The number of hydrogen-bond donors (Lipinski definition) is 3. The largest absolute Gasteiger partial charge is 0.370 e. The molecule has 2 rings (SSSR count). The molecule has 27 heavy (non-hydrogen) atoms. The molecule has 3 N–H and O–H groups in total. The molecule has 0 aromatic heterocycles. The maximum Gasteiger partial charge on any atom is 0.224 e. The maximum atomic E-state index is 12.1. The third kappa shape index (κ3) is 8.20. The first-order valence-electron chi connectivity index (χ1n) is 9.55. The second kappa shape index (κ2) is 11.3. The van der Waals surface area contributed by atoms with Crippen LogP contribution in [0.1, 0.15) is 31.7 Å². The van der Waals surface area contributed by atoms with Gasteiger partial charge in [-0.1, -0.05) is 6.92 Å². The first kappa shape index (κ1) is 20.9. The summed E-state index contributed by atoms with van der Waals surface area (Å²) >= 11 is 0. The van der Waals surface area contributed by atoms with E-state index in [0.717, 1.165) is 39.3 Å². The number of nitriles is 1. The van der Waals surface area contributed by atoms with Crippen LogP contribution in [0.25, 0.3) is 0 Å². The second-order valence-electron chi connectivity index (χ2n) is 7.07. The van der Waals surface area contributed by atoms with Crippen LogP contribution in [-0.4, -0.2) is 51.2 Å². The Labute approximate surface area is 160 Å². The second-order valence-corrected chi connectivity index (χ2v) is 7.07. The number of hydrogen-bond acceptors (Lipinski definition) is 4. The van der Waals surface area contributed by atoms with Gasteiger partial charge < -0.3 is 20.3 Å². The van der Waals surface area contributed by atoms with Crippen molar-refractivity contribution >= 4 is 17.5 Å². The summed E-state index contributed by atoms with van der Waals surface area (Å²) in [6.07, 6.45) is 1.57. The van der Waals surface area contributed by atoms with Crippen LogP contribution in [0.3, 0.4) is 0 Å². The fourth-order valence-corrected chi connectivity index (χ4v) is 3.09. The summed E-state index contributed by atoms with van der Waals surface area (Å²) in [5, 5.41) is 14.5. The standard InChI is InChI=1S/C20H28N4O3/c1-16(14-20(26)23-18-5-3-17(15-21)4-6-18)13-19(25)22-7-2-8-24-9-11-27-12-10-24/h3-6,16H,2,7-14H2,1H3,(H,22,25)(H,23,26)/p+1/t16-/m1/s1. The predicted molar refractivity (Wildman–Crippen MR) is 102 cm³/mol. The predicted octanol–water partition coefficient (Wildman–Crippen LogP) is 0.334. The van der Waals surface area contributed by atoms with Crippen molar-refractivity contribution in [1.82, 2.24) is 5.32 Å². The molecule has 146 valence electrons. The average Bonchev–Trinajstić information content (AvgIpc) is 2.66. The van der Waals surface area contributed by atoms with Gasteiger partial charge in [-0.25, -0.2) is 0 Å². The monoisotopic (exact) mass is 373 g/mol. The van der Waals surface area contributed by atoms with Gasteiger partial charge in [0.15, 0.2) is 0 Å². The lowest BCUT2D eigenvalue weighted by Crippen LogP contribution is -3.14. The van der Waals surface area contributed by atoms with Crippen LogP contribution in [0.15, 0.2) is 24.3 Å². The molecule has 7 nitrogen and oxygen atoms in total. The van der Waals surface area contributed by atoms with E-state index < -0.39 is 0 Å². The zero-order valence-corrected chi connectivity index (χ0v) is 15.9. The number of rotatable bonds is 9. The minimum atomic E-state index is -0.129. The van der Waals surface area contributed by atoms with E-state index in [1.165, 1.54) is 4.90 Å². The van der Waals surface area contributed by atoms with Crippen molar-refractivity contribution in [1.29, 1.82) is 5.26 Å². The lowest BCUT2D eigenvalue weighted by Gasteiger charge is -2.23. The molecule has 1 aliphatic heterocycles. The molecule has 0 bridgehead atoms. The minimum absolute atomic E-state index is 0.00866. The number of carbonyl (C=O) groups excluding carboxylic acids is 2. The molecule has 1 fully saturated rings. The van der Waals surface area contributed by atoms with Crippen LogP contribution in [0.4, 0.5) is 5.69 Å². The molecule has 0 unspecified atom stereocenters. The summed E-state index contributed by atoms with van der Waals surface area (Å²) in [5.74, 6) is -0.171. The van der Waals surface area contributed by atoms with Crippen LogP contribution in [-0.2, 0) is 14.3 Å². The summed E-state index contributed by atoms with van der Waals surface area (Å²) in [5.41, 5.74) is 1.20. The Hall–Kier alpha value is -2.43. The van der Waals surface area contributed by atoms with Gasteiger partial charge in [0, 0.05) is 31.5 Å². The molecule has 0 radical (unpaired) electrons. The molecule has 1 heterocycles. The maximum absolute atomic E-state index is 12.1. The topological polar surface area (TPSA) is 95.7 Å². The zero-order chi connectivity index (χ0) is 19.5. The number of quaternary nitrogens is 1. The Balaban J connectivity index is 1.59. The molecule has 0 spiro atoms. The van der Waals surface area contributed by atoms with Gasteiger partial charge in [-0.3, -0.25) is 9.59 Å². The van der Waals surface area contributed by atoms with Gasteiger partial charge >= 0.3 is 0 Å². The van der Waals surface area contributed by atoms with E-state index in [-0.39, 0.29) is 24.2 Å². The van der Waals surface area contributed by atoms with Crippen LogP contribution < -0.4 is 15.5 Å². The van der Waals surface area contributed by atoms with Crippen molar-refractivity contribution < 1.29 is 19.2 Å². The number of ether oxygens (including phenoxy) is 1. The van der Waals surface area contributed by atoms with E-state index in [2.05, 4.69) is 10.6 Å². The van der Waals surface area contributed by atoms with Gasteiger partial charge in [-0.05, 0) is 30.2 Å². The molecule has 1 aliphatic rings. The third-order valence-corrected chi connectivity index (χ3v) is 4.59. The van der Waals surface area contributed by atoms with E-state index in [0.29, 0.717) is 24.2 Å². The fraction of sp³-hybridized carbons (Fsp3) is 0.550. The van der Waals surface area contributed by atoms with Crippen LogP contribution in [0.2, 0.25) is 0 Å². The fourth-order valence-electron chi connectivity index (χ4n) is 3.09. The first-order valence-corrected chi connectivity index (χ1v) is 9.55. The number of benzene rings is 1. The number of nitrogens with zero attached hydrogens (tertiary/aromatic N) is 1. The zero-order valence-electron chi connectivity index (χ0n) is 15.9. The Morgan fingerprint density at radius 3 is 2.52 bits per heavy atom. The summed E-state index contributed by atoms with van der Waals surface area (Å²) in [6.45, 7) is 7.35. The van der Waals surface area contributed by atoms with Gasteiger partial charge in [0.25, 0.3) is 0 Å². The Morgan fingerprint density at radius 1 is 1.19 bits per heavy atom. The molecule has 1 aromatic carbocycles. The quantitative estimate of drug-likeness (QED) is 0.544. The van der Waals surface area contributed by atoms with Crippen molar-refractivity contribution in [2.24, 2.45) is 5.92 Å². The Morgan fingerprint density at radius 2 is 1.85 bits per heavy atom. The number of nitrogens with one attached hydrogen (secondary N) is 3. The van der Waals surface area contributed by atoms with Gasteiger partial charge in [0.05, 0.1) is 31.4 Å². The molecule has 1 saturated heterocycles. The van der Waals surface area contributed by atoms with Crippen molar-refractivity contribution in [2.75, 3.05) is 44.7 Å². The Bertz CT molecular complexity index is 648. The lowest BCUT2D eigenvalue weighted by molar-refractivity contribution is -0.908. The molecule has 0 saturated carbocycles. The van der Waals surface area contributed by atoms with Crippen LogP contribution in [0.5, 0.6) is 0 Å². The lowest BCUT2D eigenvalue weighted by atomic mass is 10.0. The third-order valence-electron chi connectivity index (χ3n) is 4.59. The van der Waals surface area contributed by atoms with Gasteiger partial charge in [-0.2, -0.15) is 5.26 Å². The highest BCUT2D eigenvalue weighted by molar-refractivity contribution is 5.91. The molecule has 1 atom stereocenters. The molecule has 7 heteroatoms. The van der Waals surface area contributed by atoms with Crippen LogP contribution >= 0.6 is 0 Å². The van der Waals surface area contributed by atoms with Gasteiger partial charge in [0.1, 0.15) is 13.1 Å². The van der Waals surface area contributed by atoms with E-state index in [9.17, 15) is 9.59 Å². The van der Waals surface area contributed by atoms with Gasteiger partial charge in [-0.15, -0.1) is 0 Å². The number of anilines is 1. The van der Waals surface area contributed by atoms with E-state index >= 15 is 0 Å². The highest BCUT2D eigenvalue weighted by atomic mass is 16.5. The number of morpholine rings is 1. The molecule has 0 aliphatic carbocycles. The van der Waals surface area contributed by atoms with Crippen molar-refractivity contribution in [3.8, 4) is 6.07 Å². The highest BCUT2D eigenvalue weighted by Gasteiger charge is 2.15. The first-order chi connectivity index (χ1) is 13.1. The normalized spacial score (nSPS) is 15.6. The van der Waals surface area contributed by atoms with Crippen LogP contribution in [0, 0.1) is 17.2 Å². The highest BCUT2D eigenvalue weighted by Crippen LogP contribution is 2.12. The summed E-state index contributed by atoms with van der Waals surface area (Å²) < 4.78 is 5.33. The number of amides is 2. The minimum Gasteiger partial charge on any atom is -0.370 e. The van der Waals surface area contributed by atoms with Gasteiger partial charge in [0.2, 0.25) is 11.8 Å². The molecule has 1 aromatic rings. The smallest absolute Gasteiger partial charge is 0.224 e. The van der Waals surface area contributed by atoms with E-state index in [4.69, 9.17) is 10.00 Å². The SMILES string of the molecule is C[C@H](CC(=O)NCCC[NH+]1CCOCC1)CC(=O)Nc1ccc(C#N)cc1. The van der Waals surface area contributed by atoms with Crippen molar-refractivity contribution in [3.05, 3.63) is 29.8 Å². The molecular weight excluding hydrogens is 344 g/mol. The summed E-state index contributed by atoms with van der Waals surface area (Å²) in [6, 6.07) is 8.75. The average molecular weight is 373 g/mol.